The summed E-state index contributed by atoms with van der Waals surface area (Å²) in [5.41, 5.74) is 4.92. The molecule has 3 aromatic rings. The first-order chi connectivity index (χ1) is 13.5. The average molecular weight is 376 g/mol. The van der Waals surface area contributed by atoms with Gasteiger partial charge in [0.1, 0.15) is 5.58 Å². The van der Waals surface area contributed by atoms with Gasteiger partial charge in [-0.15, -0.1) is 0 Å². The Labute approximate surface area is 163 Å². The first kappa shape index (κ1) is 17.4. The monoisotopic (exact) mass is 376 g/mol. The van der Waals surface area contributed by atoms with E-state index < -0.39 is 0 Å². The summed E-state index contributed by atoms with van der Waals surface area (Å²) in [6, 6.07) is 11.3. The highest BCUT2D eigenvalue weighted by molar-refractivity contribution is 5.84. The molecule has 2 unspecified atom stereocenters. The topological polar surface area (TPSA) is 55.5 Å². The molecule has 0 saturated carbocycles. The second kappa shape index (κ2) is 6.45. The third-order valence-electron chi connectivity index (χ3n) is 6.22. The number of hydrogen-bond acceptors (Lipinski definition) is 4. The molecule has 0 aliphatic carbocycles. The zero-order valence-corrected chi connectivity index (χ0v) is 16.3. The zero-order chi connectivity index (χ0) is 19.4. The van der Waals surface area contributed by atoms with Crippen molar-refractivity contribution < 1.29 is 4.42 Å². The van der Waals surface area contributed by atoms with Crippen molar-refractivity contribution in [1.29, 1.82) is 0 Å². The van der Waals surface area contributed by atoms with Gasteiger partial charge in [-0.05, 0) is 55.0 Å². The van der Waals surface area contributed by atoms with Crippen LogP contribution < -0.4 is 11.2 Å². The normalized spacial score (nSPS) is 21.6. The van der Waals surface area contributed by atoms with Crippen molar-refractivity contribution in [2.24, 2.45) is 5.92 Å². The van der Waals surface area contributed by atoms with E-state index in [1.807, 2.05) is 23.6 Å². The van der Waals surface area contributed by atoms with Crippen LogP contribution >= 0.6 is 0 Å². The maximum absolute atomic E-state index is 12.2. The fourth-order valence-electron chi connectivity index (χ4n) is 5.26. The van der Waals surface area contributed by atoms with Gasteiger partial charge in [-0.1, -0.05) is 12.1 Å². The van der Waals surface area contributed by atoms with Gasteiger partial charge in [-0.2, -0.15) is 0 Å². The van der Waals surface area contributed by atoms with Crippen molar-refractivity contribution in [3.8, 4) is 0 Å². The fourth-order valence-corrected chi connectivity index (χ4v) is 5.26. The minimum Gasteiger partial charge on any atom is -0.423 e. The minimum absolute atomic E-state index is 0.110. The van der Waals surface area contributed by atoms with E-state index in [4.69, 9.17) is 4.42 Å². The lowest BCUT2D eigenvalue weighted by Gasteiger charge is -2.42. The van der Waals surface area contributed by atoms with E-state index in [2.05, 4.69) is 24.0 Å². The van der Waals surface area contributed by atoms with Crippen LogP contribution in [-0.4, -0.2) is 22.6 Å². The van der Waals surface area contributed by atoms with Crippen molar-refractivity contribution in [1.82, 2.24) is 9.47 Å². The molecule has 2 bridgehead atoms. The van der Waals surface area contributed by atoms with Gasteiger partial charge >= 0.3 is 5.63 Å². The molecule has 5 nitrogen and oxygen atoms in total. The Kier molecular flexibility index (Phi) is 4.02. The van der Waals surface area contributed by atoms with Gasteiger partial charge < -0.3 is 8.98 Å². The Morgan fingerprint density at radius 3 is 2.79 bits per heavy atom. The first-order valence-electron chi connectivity index (χ1n) is 9.94. The summed E-state index contributed by atoms with van der Waals surface area (Å²) in [6.45, 7) is 7.47. The molecule has 0 spiro atoms. The Hall–Kier alpha value is -2.66. The highest BCUT2D eigenvalue weighted by Crippen LogP contribution is 2.36. The van der Waals surface area contributed by atoms with Gasteiger partial charge in [0, 0.05) is 55.3 Å². The standard InChI is InChI=1S/C23H24N2O3/c1-14-6-15(2)23-18(9-22(27)28-20(23)7-14)13-24-10-16-8-17(12-24)19-4-3-5-21(26)25(19)11-16/h3-7,9,16-17H,8,10-13H2,1-2H3. The van der Waals surface area contributed by atoms with Crippen LogP contribution in [0.4, 0.5) is 0 Å². The molecule has 2 atom stereocenters. The van der Waals surface area contributed by atoms with Gasteiger partial charge in [0.2, 0.25) is 0 Å². The van der Waals surface area contributed by atoms with Crippen molar-refractivity contribution >= 4 is 11.0 Å². The maximum atomic E-state index is 12.2. The first-order valence-corrected chi connectivity index (χ1v) is 9.94. The fraction of sp³-hybridized carbons (Fsp3) is 0.391. The molecule has 1 aromatic carbocycles. The second-order valence-corrected chi connectivity index (χ2v) is 8.44. The number of nitrogens with zero attached hydrogens (tertiary/aromatic N) is 2. The number of fused-ring (bicyclic) bond motifs is 5. The van der Waals surface area contributed by atoms with Crippen LogP contribution in [0.15, 0.2) is 50.4 Å². The van der Waals surface area contributed by atoms with E-state index >= 15 is 0 Å². The van der Waals surface area contributed by atoms with Crippen LogP contribution in [0, 0.1) is 19.8 Å². The summed E-state index contributed by atoms with van der Waals surface area (Å²) < 4.78 is 7.43. The Bertz CT molecular complexity index is 1190. The van der Waals surface area contributed by atoms with Crippen LogP contribution in [0.1, 0.15) is 34.7 Å². The number of aryl methyl sites for hydroxylation is 2. The molecular weight excluding hydrogens is 352 g/mol. The largest absolute Gasteiger partial charge is 0.423 e. The summed E-state index contributed by atoms with van der Waals surface area (Å²) in [5, 5.41) is 1.05. The Balaban J connectivity index is 1.50. The number of benzene rings is 1. The van der Waals surface area contributed by atoms with Crippen molar-refractivity contribution in [2.45, 2.75) is 39.3 Å². The Morgan fingerprint density at radius 1 is 1.07 bits per heavy atom. The lowest BCUT2D eigenvalue weighted by molar-refractivity contribution is 0.114. The molecule has 5 heteroatoms. The highest BCUT2D eigenvalue weighted by Gasteiger charge is 2.34. The number of likely N-dealkylation sites (tertiary alicyclic amines) is 1. The van der Waals surface area contributed by atoms with E-state index in [0.717, 1.165) is 60.4 Å². The quantitative estimate of drug-likeness (QED) is 0.645. The molecule has 0 N–H and O–H groups in total. The molecule has 144 valence electrons. The summed E-state index contributed by atoms with van der Waals surface area (Å²) >= 11 is 0. The van der Waals surface area contributed by atoms with Crippen LogP contribution in [-0.2, 0) is 13.1 Å². The van der Waals surface area contributed by atoms with E-state index in [1.165, 1.54) is 0 Å². The van der Waals surface area contributed by atoms with Gasteiger partial charge in [0.05, 0.1) is 0 Å². The number of rotatable bonds is 2. The van der Waals surface area contributed by atoms with E-state index in [9.17, 15) is 9.59 Å². The zero-order valence-electron chi connectivity index (χ0n) is 16.3. The minimum atomic E-state index is -0.290. The molecule has 1 fully saturated rings. The molecule has 4 heterocycles. The van der Waals surface area contributed by atoms with Crippen molar-refractivity contribution in [3.63, 3.8) is 0 Å². The lowest BCUT2D eigenvalue weighted by Crippen LogP contribution is -2.46. The molecule has 28 heavy (non-hydrogen) atoms. The van der Waals surface area contributed by atoms with Gasteiger partial charge in [-0.3, -0.25) is 9.69 Å². The van der Waals surface area contributed by atoms with E-state index in [0.29, 0.717) is 17.4 Å². The smallest absolute Gasteiger partial charge is 0.336 e. The van der Waals surface area contributed by atoms with Crippen molar-refractivity contribution in [2.75, 3.05) is 13.1 Å². The maximum Gasteiger partial charge on any atom is 0.336 e. The Morgan fingerprint density at radius 2 is 1.93 bits per heavy atom. The number of hydrogen-bond donors (Lipinski definition) is 0. The number of aromatic nitrogens is 1. The van der Waals surface area contributed by atoms with E-state index in [-0.39, 0.29) is 11.2 Å². The van der Waals surface area contributed by atoms with E-state index in [1.54, 1.807) is 12.1 Å². The van der Waals surface area contributed by atoms with Crippen LogP contribution in [0.25, 0.3) is 11.0 Å². The predicted octanol–water partition coefficient (Wildman–Crippen LogP) is 3.19. The molecule has 1 saturated heterocycles. The molecule has 0 radical (unpaired) electrons. The summed E-state index contributed by atoms with van der Waals surface area (Å²) in [6.07, 6.45) is 1.13. The summed E-state index contributed by atoms with van der Waals surface area (Å²) in [4.78, 5) is 26.8. The number of piperidine rings is 1. The molecular formula is C23H24N2O3. The summed E-state index contributed by atoms with van der Waals surface area (Å²) in [7, 11) is 0. The molecule has 0 amide bonds. The third-order valence-corrected chi connectivity index (χ3v) is 6.22. The number of pyridine rings is 1. The molecule has 5 rings (SSSR count). The van der Waals surface area contributed by atoms with Crippen molar-refractivity contribution in [3.05, 3.63) is 79.6 Å². The van der Waals surface area contributed by atoms with Crippen LogP contribution in [0.3, 0.4) is 0 Å². The summed E-state index contributed by atoms with van der Waals surface area (Å²) in [5.74, 6) is 0.845. The SMILES string of the molecule is Cc1cc(C)c2c(CN3CC4CC(C3)c3cccc(=O)n3C4)cc(=O)oc2c1. The molecule has 2 aliphatic rings. The second-order valence-electron chi connectivity index (χ2n) is 8.44. The third kappa shape index (κ3) is 2.90. The average Bonchev–Trinajstić information content (AvgIpc) is 2.61. The van der Waals surface area contributed by atoms with Gasteiger partial charge in [-0.25, -0.2) is 4.79 Å². The van der Waals surface area contributed by atoms with Gasteiger partial charge in [0.25, 0.3) is 5.56 Å². The van der Waals surface area contributed by atoms with Gasteiger partial charge in [0.15, 0.2) is 0 Å². The van der Waals surface area contributed by atoms with Crippen LogP contribution in [0.5, 0.6) is 0 Å². The molecule has 2 aliphatic heterocycles. The molecule has 2 aromatic heterocycles. The predicted molar refractivity (Wildman–Crippen MR) is 109 cm³/mol. The highest BCUT2D eigenvalue weighted by atomic mass is 16.4. The lowest BCUT2D eigenvalue weighted by atomic mass is 9.83. The van der Waals surface area contributed by atoms with Crippen LogP contribution in [0.2, 0.25) is 0 Å².